The molecule has 5 rings (SSSR count). The number of ether oxygens (including phenoxy) is 1. The predicted molar refractivity (Wildman–Crippen MR) is 132 cm³/mol. The minimum absolute atomic E-state index is 0.103. The summed E-state index contributed by atoms with van der Waals surface area (Å²) >= 11 is 0. The van der Waals surface area contributed by atoms with Gasteiger partial charge in [0.15, 0.2) is 0 Å². The lowest BCUT2D eigenvalue weighted by Gasteiger charge is -2.27. The van der Waals surface area contributed by atoms with E-state index in [4.69, 9.17) is 4.74 Å². The molecule has 1 aliphatic heterocycles. The molecule has 1 aliphatic rings. The van der Waals surface area contributed by atoms with Crippen molar-refractivity contribution in [2.75, 3.05) is 6.61 Å². The quantitative estimate of drug-likeness (QED) is 0.471. The fourth-order valence-electron chi connectivity index (χ4n) is 4.40. The van der Waals surface area contributed by atoms with Crippen molar-refractivity contribution in [2.45, 2.75) is 25.9 Å². The third kappa shape index (κ3) is 3.99. The third-order valence-electron chi connectivity index (χ3n) is 6.06. The summed E-state index contributed by atoms with van der Waals surface area (Å²) in [4.78, 5) is 27.3. The van der Waals surface area contributed by atoms with E-state index in [-0.39, 0.29) is 11.6 Å². The zero-order valence-corrected chi connectivity index (χ0v) is 18.9. The number of para-hydroxylation sites is 1. The number of fused-ring (bicyclic) bond motifs is 1. The van der Waals surface area contributed by atoms with Gasteiger partial charge < -0.3 is 10.1 Å². The Morgan fingerprint density at radius 3 is 2.32 bits per heavy atom. The molecule has 0 bridgehead atoms. The molecule has 1 aromatic heterocycles. The summed E-state index contributed by atoms with van der Waals surface area (Å²) in [5.41, 5.74) is 3.37. The van der Waals surface area contributed by atoms with Crippen molar-refractivity contribution >= 4 is 5.91 Å². The average Bonchev–Trinajstić information content (AvgIpc) is 2.89. The zero-order chi connectivity index (χ0) is 23.5. The highest BCUT2D eigenvalue weighted by Crippen LogP contribution is 2.34. The van der Waals surface area contributed by atoms with Crippen LogP contribution in [0.4, 0.5) is 0 Å². The molecule has 34 heavy (non-hydrogen) atoms. The Morgan fingerprint density at radius 2 is 1.62 bits per heavy atom. The molecule has 0 saturated carbocycles. The van der Waals surface area contributed by atoms with Crippen LogP contribution in [-0.2, 0) is 6.54 Å². The first-order valence-electron chi connectivity index (χ1n) is 11.5. The number of hydrogen-bond donors (Lipinski definition) is 1. The Labute approximate surface area is 197 Å². The van der Waals surface area contributed by atoms with Gasteiger partial charge in [0.05, 0.1) is 18.3 Å². The maximum Gasteiger partial charge on any atom is 0.280 e. The summed E-state index contributed by atoms with van der Waals surface area (Å²) < 4.78 is 7.11. The van der Waals surface area contributed by atoms with Gasteiger partial charge in [0.1, 0.15) is 11.3 Å². The Kier molecular flexibility index (Phi) is 5.95. The van der Waals surface area contributed by atoms with Gasteiger partial charge in [-0.25, -0.2) is 4.68 Å². The van der Waals surface area contributed by atoms with Gasteiger partial charge in [-0.2, -0.15) is 5.10 Å². The average molecular weight is 452 g/mol. The highest BCUT2D eigenvalue weighted by atomic mass is 16.5. The highest BCUT2D eigenvalue weighted by molar-refractivity contribution is 6.03. The van der Waals surface area contributed by atoms with E-state index >= 15 is 0 Å². The summed E-state index contributed by atoms with van der Waals surface area (Å²) in [7, 11) is 0. The van der Waals surface area contributed by atoms with Crippen molar-refractivity contribution in [3.05, 3.63) is 106 Å². The fraction of sp³-hybridized carbons (Fsp3) is 0.179. The fourth-order valence-corrected chi connectivity index (χ4v) is 4.40. The van der Waals surface area contributed by atoms with E-state index in [0.717, 1.165) is 22.4 Å². The number of aryl methyl sites for hydroxylation is 1. The lowest BCUT2D eigenvalue weighted by molar-refractivity contribution is 0.0923. The SMILES string of the molecule is CCn1nc(-c2ccccc2)c(-c2ccccc2)c(C(=O)NC2CCOc3ccccc32)c1=O. The smallest absolute Gasteiger partial charge is 0.280 e. The molecule has 0 saturated heterocycles. The van der Waals surface area contributed by atoms with Crippen LogP contribution in [-0.4, -0.2) is 22.3 Å². The molecule has 1 amide bonds. The zero-order valence-electron chi connectivity index (χ0n) is 18.9. The van der Waals surface area contributed by atoms with Gasteiger partial charge in [-0.15, -0.1) is 0 Å². The third-order valence-corrected chi connectivity index (χ3v) is 6.06. The van der Waals surface area contributed by atoms with Gasteiger partial charge in [0, 0.05) is 29.7 Å². The van der Waals surface area contributed by atoms with E-state index in [1.54, 1.807) is 0 Å². The predicted octanol–water partition coefficient (Wildman–Crippen LogP) is 4.85. The van der Waals surface area contributed by atoms with Crippen LogP contribution in [0.15, 0.2) is 89.7 Å². The van der Waals surface area contributed by atoms with Gasteiger partial charge in [-0.05, 0) is 18.6 Å². The van der Waals surface area contributed by atoms with E-state index in [1.807, 2.05) is 91.9 Å². The van der Waals surface area contributed by atoms with Crippen LogP contribution in [0.1, 0.15) is 35.3 Å². The molecule has 4 aromatic rings. The summed E-state index contributed by atoms with van der Waals surface area (Å²) in [6.45, 7) is 2.70. The Bertz CT molecular complexity index is 1380. The van der Waals surface area contributed by atoms with Crippen molar-refractivity contribution in [1.82, 2.24) is 15.1 Å². The Hall–Kier alpha value is -4.19. The van der Waals surface area contributed by atoms with E-state index in [1.165, 1.54) is 4.68 Å². The van der Waals surface area contributed by atoms with Crippen molar-refractivity contribution in [3.8, 4) is 28.1 Å². The molecule has 1 atom stereocenters. The summed E-state index contributed by atoms with van der Waals surface area (Å²) in [5, 5.41) is 7.78. The number of benzene rings is 3. The molecule has 0 aliphatic carbocycles. The number of aromatic nitrogens is 2. The highest BCUT2D eigenvalue weighted by Gasteiger charge is 2.28. The Morgan fingerprint density at radius 1 is 0.971 bits per heavy atom. The lowest BCUT2D eigenvalue weighted by atomic mass is 9.94. The number of carbonyl (C=O) groups excluding carboxylic acids is 1. The van der Waals surface area contributed by atoms with Crippen molar-refractivity contribution in [2.24, 2.45) is 0 Å². The number of hydrogen-bond acceptors (Lipinski definition) is 4. The molecule has 0 radical (unpaired) electrons. The maximum atomic E-state index is 13.8. The van der Waals surface area contributed by atoms with Crippen LogP contribution in [0.2, 0.25) is 0 Å². The topological polar surface area (TPSA) is 73.2 Å². The van der Waals surface area contributed by atoms with E-state index in [0.29, 0.717) is 30.8 Å². The number of nitrogens with zero attached hydrogens (tertiary/aromatic N) is 2. The molecular weight excluding hydrogens is 426 g/mol. The van der Waals surface area contributed by atoms with Crippen LogP contribution >= 0.6 is 0 Å². The van der Waals surface area contributed by atoms with Gasteiger partial charge in [-0.3, -0.25) is 9.59 Å². The molecular formula is C28H25N3O3. The summed E-state index contributed by atoms with van der Waals surface area (Å²) in [6.07, 6.45) is 0.627. The molecule has 1 N–H and O–H groups in total. The summed E-state index contributed by atoms with van der Waals surface area (Å²) in [6, 6.07) is 26.6. The lowest BCUT2D eigenvalue weighted by Crippen LogP contribution is -2.38. The standard InChI is InChI=1S/C28H25N3O3/c1-2-31-28(33)25(27(32)29-22-17-18-34-23-16-10-9-15-21(22)23)24(19-11-5-3-6-12-19)26(30-31)20-13-7-4-8-14-20/h3-16,22H,2,17-18H2,1H3,(H,29,32). The van der Waals surface area contributed by atoms with Crippen molar-refractivity contribution < 1.29 is 9.53 Å². The molecule has 3 aromatic carbocycles. The van der Waals surface area contributed by atoms with Crippen LogP contribution in [0.3, 0.4) is 0 Å². The van der Waals surface area contributed by atoms with E-state index < -0.39 is 11.5 Å². The first kappa shape index (κ1) is 21.6. The van der Waals surface area contributed by atoms with Crippen LogP contribution < -0.4 is 15.6 Å². The van der Waals surface area contributed by atoms with Crippen LogP contribution in [0, 0.1) is 0 Å². The first-order chi connectivity index (χ1) is 16.7. The molecule has 6 nitrogen and oxygen atoms in total. The molecule has 0 spiro atoms. The number of rotatable bonds is 5. The second-order valence-electron chi connectivity index (χ2n) is 8.15. The monoisotopic (exact) mass is 451 g/mol. The Balaban J connectivity index is 1.69. The first-order valence-corrected chi connectivity index (χ1v) is 11.5. The van der Waals surface area contributed by atoms with Gasteiger partial charge in [0.2, 0.25) is 0 Å². The number of amides is 1. The molecule has 6 heteroatoms. The number of carbonyl (C=O) groups is 1. The van der Waals surface area contributed by atoms with E-state index in [2.05, 4.69) is 10.4 Å². The minimum Gasteiger partial charge on any atom is -0.493 e. The van der Waals surface area contributed by atoms with E-state index in [9.17, 15) is 9.59 Å². The normalized spacial score (nSPS) is 14.7. The second kappa shape index (κ2) is 9.35. The van der Waals surface area contributed by atoms with Gasteiger partial charge in [0.25, 0.3) is 11.5 Å². The van der Waals surface area contributed by atoms with Crippen LogP contribution in [0.5, 0.6) is 5.75 Å². The van der Waals surface area contributed by atoms with Gasteiger partial charge in [-0.1, -0.05) is 78.9 Å². The number of nitrogens with one attached hydrogen (secondary N) is 1. The molecule has 0 fully saturated rings. The van der Waals surface area contributed by atoms with Crippen molar-refractivity contribution in [3.63, 3.8) is 0 Å². The van der Waals surface area contributed by atoms with Crippen molar-refractivity contribution in [1.29, 1.82) is 0 Å². The molecule has 170 valence electrons. The second-order valence-corrected chi connectivity index (χ2v) is 8.15. The molecule has 2 heterocycles. The minimum atomic E-state index is -0.410. The van der Waals surface area contributed by atoms with Crippen LogP contribution in [0.25, 0.3) is 22.4 Å². The van der Waals surface area contributed by atoms with Gasteiger partial charge >= 0.3 is 0 Å². The molecule has 1 unspecified atom stereocenters. The largest absolute Gasteiger partial charge is 0.493 e. The summed E-state index contributed by atoms with van der Waals surface area (Å²) in [5.74, 6) is 0.348. The maximum absolute atomic E-state index is 13.8.